The molecule has 2 aliphatic rings. The van der Waals surface area contributed by atoms with Crippen molar-refractivity contribution >= 4 is 36.9 Å². The van der Waals surface area contributed by atoms with E-state index in [1.807, 2.05) is 10.8 Å². The van der Waals surface area contributed by atoms with Crippen LogP contribution in [0.25, 0.3) is 22.4 Å². The van der Waals surface area contributed by atoms with Crippen LogP contribution in [-0.2, 0) is 9.16 Å². The van der Waals surface area contributed by atoms with Gasteiger partial charge in [-0.2, -0.15) is 4.98 Å². The number of anilines is 1. The van der Waals surface area contributed by atoms with Crippen LogP contribution < -0.4 is 4.90 Å². The van der Waals surface area contributed by atoms with Crippen LogP contribution >= 0.6 is 11.6 Å². The maximum Gasteiger partial charge on any atom is 0.225 e. The zero-order valence-corrected chi connectivity index (χ0v) is 23.8. The van der Waals surface area contributed by atoms with Crippen LogP contribution in [0.1, 0.15) is 59.1 Å². The molecule has 194 valence electrons. The molecule has 0 aromatic carbocycles. The van der Waals surface area contributed by atoms with Crippen molar-refractivity contribution in [1.82, 2.24) is 24.5 Å². The largest absolute Gasteiger partial charge is 0.412 e. The molecule has 2 fully saturated rings. The van der Waals surface area contributed by atoms with Gasteiger partial charge in [0, 0.05) is 31.5 Å². The van der Waals surface area contributed by atoms with Crippen molar-refractivity contribution in [3.05, 3.63) is 29.9 Å². The van der Waals surface area contributed by atoms with E-state index in [2.05, 4.69) is 65.8 Å². The predicted octanol–water partition coefficient (Wildman–Crippen LogP) is 6.23. The summed E-state index contributed by atoms with van der Waals surface area (Å²) in [7, 11) is -1.81. The molecule has 10 heteroatoms. The lowest BCUT2D eigenvalue weighted by Crippen LogP contribution is -2.49. The van der Waals surface area contributed by atoms with Gasteiger partial charge in [-0.25, -0.2) is 15.0 Å². The molecule has 2 atom stereocenters. The second-order valence-corrected chi connectivity index (χ2v) is 16.6. The van der Waals surface area contributed by atoms with Crippen LogP contribution in [0.2, 0.25) is 23.4 Å². The Morgan fingerprint density at radius 2 is 1.92 bits per heavy atom. The summed E-state index contributed by atoms with van der Waals surface area (Å²) < 4.78 is 14.6. The fraction of sp³-hybridized carbons (Fsp3) is 0.615. The number of pyridine rings is 1. The van der Waals surface area contributed by atoms with Gasteiger partial charge < -0.3 is 14.1 Å². The van der Waals surface area contributed by atoms with Gasteiger partial charge in [0.15, 0.2) is 14.0 Å². The van der Waals surface area contributed by atoms with Gasteiger partial charge in [-0.05, 0) is 74.0 Å². The molecule has 0 radical (unpaired) electrons. The van der Waals surface area contributed by atoms with Gasteiger partial charge in [0.1, 0.15) is 23.3 Å². The van der Waals surface area contributed by atoms with Crippen molar-refractivity contribution < 1.29 is 9.16 Å². The number of piperidine rings is 1. The Hall–Kier alpha value is -2.07. The van der Waals surface area contributed by atoms with E-state index >= 15 is 0 Å². The number of aromatic nitrogens is 5. The molecule has 0 N–H and O–H groups in total. The van der Waals surface area contributed by atoms with Crippen LogP contribution in [-0.4, -0.2) is 58.6 Å². The Balaban J connectivity index is 1.36. The minimum absolute atomic E-state index is 0.0661. The summed E-state index contributed by atoms with van der Waals surface area (Å²) >= 11 is 6.35. The zero-order valence-electron chi connectivity index (χ0n) is 22.0. The van der Waals surface area contributed by atoms with E-state index in [1.165, 1.54) is 0 Å². The number of halogens is 1. The normalized spacial score (nSPS) is 21.8. The summed E-state index contributed by atoms with van der Waals surface area (Å²) in [6.45, 7) is 14.1. The molecule has 0 aliphatic carbocycles. The van der Waals surface area contributed by atoms with Gasteiger partial charge in [0.05, 0.1) is 12.4 Å². The number of fused-ring (bicyclic) bond motifs is 1. The molecule has 2 aliphatic heterocycles. The Morgan fingerprint density at radius 1 is 1.08 bits per heavy atom. The topological polar surface area (TPSA) is 78.2 Å². The number of imidazole rings is 1. The van der Waals surface area contributed by atoms with Crippen LogP contribution in [0.3, 0.4) is 0 Å². The highest BCUT2D eigenvalue weighted by Gasteiger charge is 2.40. The average Bonchev–Trinajstić information content (AvgIpc) is 3.27. The number of ether oxygens (including phenoxy) is 1. The quantitative estimate of drug-likeness (QED) is 0.287. The van der Waals surface area contributed by atoms with Crippen LogP contribution in [0.4, 0.5) is 5.82 Å². The highest BCUT2D eigenvalue weighted by Crippen LogP contribution is 2.38. The molecule has 2 unspecified atom stereocenters. The van der Waals surface area contributed by atoms with Crippen molar-refractivity contribution in [3.63, 3.8) is 0 Å². The summed E-state index contributed by atoms with van der Waals surface area (Å²) in [5.74, 6) is 0.958. The van der Waals surface area contributed by atoms with Gasteiger partial charge in [0.2, 0.25) is 5.28 Å². The number of nitrogens with zero attached hydrogens (tertiary/aromatic N) is 6. The van der Waals surface area contributed by atoms with E-state index in [0.29, 0.717) is 16.9 Å². The summed E-state index contributed by atoms with van der Waals surface area (Å²) in [5.41, 5.74) is 2.97. The predicted molar refractivity (Wildman–Crippen MR) is 146 cm³/mol. The lowest BCUT2D eigenvalue weighted by atomic mass is 10.1. The molecular formula is C26H37ClN6O2Si. The first-order valence-corrected chi connectivity index (χ1v) is 16.3. The first-order chi connectivity index (χ1) is 17.1. The van der Waals surface area contributed by atoms with E-state index in [0.717, 1.165) is 63.2 Å². The lowest BCUT2D eigenvalue weighted by Gasteiger charge is -2.42. The summed E-state index contributed by atoms with van der Waals surface area (Å²) in [6.07, 6.45) is 9.18. The fourth-order valence-electron chi connectivity index (χ4n) is 4.79. The third-order valence-corrected chi connectivity index (χ3v) is 12.6. The highest BCUT2D eigenvalue weighted by atomic mass is 35.5. The van der Waals surface area contributed by atoms with Gasteiger partial charge in [-0.3, -0.25) is 4.57 Å². The van der Waals surface area contributed by atoms with E-state index < -0.39 is 8.32 Å². The maximum absolute atomic E-state index is 6.72. The van der Waals surface area contributed by atoms with E-state index in [-0.39, 0.29) is 22.7 Å². The molecule has 0 amide bonds. The summed E-state index contributed by atoms with van der Waals surface area (Å²) in [4.78, 5) is 20.8. The van der Waals surface area contributed by atoms with Crippen molar-refractivity contribution in [3.8, 4) is 11.3 Å². The Kier molecular flexibility index (Phi) is 7.10. The standard InChI is InChI=1S/C26H37ClN6O2Si/c1-26(2,3)36(4,5)35-19-9-8-13-32(16-19)20-12-11-18(15-28-20)22-23-24(31-25(27)30-22)33(17-29-23)21-10-6-7-14-34-21/h11-12,15,17,19,21H,6-10,13-14,16H2,1-5H3. The molecule has 8 nitrogen and oxygen atoms in total. The second kappa shape index (κ2) is 10.0. The minimum Gasteiger partial charge on any atom is -0.412 e. The molecule has 0 saturated carbocycles. The molecule has 5 rings (SSSR count). The van der Waals surface area contributed by atoms with Crippen LogP contribution in [0, 0.1) is 0 Å². The Labute approximate surface area is 219 Å². The molecule has 5 heterocycles. The van der Waals surface area contributed by atoms with Gasteiger partial charge in [-0.15, -0.1) is 0 Å². The van der Waals surface area contributed by atoms with Crippen molar-refractivity contribution in [1.29, 1.82) is 0 Å². The highest BCUT2D eigenvalue weighted by molar-refractivity contribution is 6.74. The molecule has 36 heavy (non-hydrogen) atoms. The number of hydrogen-bond acceptors (Lipinski definition) is 7. The maximum atomic E-state index is 6.72. The monoisotopic (exact) mass is 528 g/mol. The van der Waals surface area contributed by atoms with E-state index in [9.17, 15) is 0 Å². The average molecular weight is 529 g/mol. The van der Waals surface area contributed by atoms with Crippen molar-refractivity contribution in [2.45, 2.75) is 83.3 Å². The van der Waals surface area contributed by atoms with Gasteiger partial charge in [0.25, 0.3) is 0 Å². The smallest absolute Gasteiger partial charge is 0.225 e. The van der Waals surface area contributed by atoms with Gasteiger partial charge in [-0.1, -0.05) is 20.8 Å². The molecular weight excluding hydrogens is 492 g/mol. The SMILES string of the molecule is CC(C)(C)[Si](C)(C)OC1CCCN(c2ccc(-c3nc(Cl)nc4c3ncn4C3CCCCO3)cn2)C1. The molecule has 0 spiro atoms. The third-order valence-electron chi connectivity index (χ3n) is 7.85. The van der Waals surface area contributed by atoms with Crippen molar-refractivity contribution in [2.24, 2.45) is 0 Å². The fourth-order valence-corrected chi connectivity index (χ4v) is 6.34. The molecule has 3 aromatic heterocycles. The van der Waals surface area contributed by atoms with E-state index in [4.69, 9.17) is 25.7 Å². The second-order valence-electron chi connectivity index (χ2n) is 11.5. The van der Waals surface area contributed by atoms with E-state index in [1.54, 1.807) is 6.33 Å². The van der Waals surface area contributed by atoms with Crippen LogP contribution in [0.5, 0.6) is 0 Å². The number of hydrogen-bond donors (Lipinski definition) is 0. The zero-order chi connectivity index (χ0) is 25.5. The summed E-state index contributed by atoms with van der Waals surface area (Å²) in [6, 6.07) is 4.11. The van der Waals surface area contributed by atoms with Crippen LogP contribution in [0.15, 0.2) is 24.7 Å². The summed E-state index contributed by atoms with van der Waals surface area (Å²) in [5, 5.41) is 0.399. The first kappa shape index (κ1) is 25.6. The Bertz CT molecular complexity index is 1200. The molecule has 3 aromatic rings. The lowest BCUT2D eigenvalue weighted by molar-refractivity contribution is -0.0298. The molecule has 2 saturated heterocycles. The first-order valence-electron chi connectivity index (χ1n) is 13.0. The van der Waals surface area contributed by atoms with Gasteiger partial charge >= 0.3 is 0 Å². The molecule has 0 bridgehead atoms. The number of rotatable bonds is 5. The third kappa shape index (κ3) is 5.16. The Morgan fingerprint density at radius 3 is 2.61 bits per heavy atom. The van der Waals surface area contributed by atoms with Crippen molar-refractivity contribution in [2.75, 3.05) is 24.6 Å². The minimum atomic E-state index is -1.81.